The molecule has 36 heavy (non-hydrogen) atoms. The second kappa shape index (κ2) is 9.12. The highest BCUT2D eigenvalue weighted by molar-refractivity contribution is 9.10. The van der Waals surface area contributed by atoms with E-state index >= 15 is 0 Å². The lowest BCUT2D eigenvalue weighted by Gasteiger charge is -2.33. The van der Waals surface area contributed by atoms with Crippen LogP contribution in [0.5, 0.6) is 0 Å². The fourth-order valence-electron chi connectivity index (χ4n) is 5.04. The van der Waals surface area contributed by atoms with Gasteiger partial charge in [0, 0.05) is 49.9 Å². The molecule has 2 aliphatic rings. The molecule has 4 heterocycles. The van der Waals surface area contributed by atoms with Gasteiger partial charge in [-0.15, -0.1) is 0 Å². The van der Waals surface area contributed by atoms with E-state index in [1.807, 2.05) is 30.3 Å². The van der Waals surface area contributed by atoms with Crippen molar-refractivity contribution in [1.29, 1.82) is 0 Å². The van der Waals surface area contributed by atoms with Gasteiger partial charge >= 0.3 is 0 Å². The molecule has 4 aromatic rings. The Labute approximate surface area is 215 Å². The average Bonchev–Trinajstić information content (AvgIpc) is 3.49. The smallest absolute Gasteiger partial charge is 0.241 e. The topological polar surface area (TPSA) is 109 Å². The third-order valence-electron chi connectivity index (χ3n) is 7.09. The van der Waals surface area contributed by atoms with Crippen LogP contribution in [0, 0.1) is 5.92 Å². The van der Waals surface area contributed by atoms with Crippen molar-refractivity contribution >= 4 is 55.6 Å². The molecule has 3 aromatic heterocycles. The lowest BCUT2D eigenvalue weighted by molar-refractivity contribution is -0.146. The van der Waals surface area contributed by atoms with Crippen molar-refractivity contribution < 1.29 is 9.59 Å². The van der Waals surface area contributed by atoms with Gasteiger partial charge in [-0.25, -0.2) is 9.67 Å². The van der Waals surface area contributed by atoms with Crippen molar-refractivity contribution in [2.75, 3.05) is 32.0 Å². The van der Waals surface area contributed by atoms with E-state index in [0.717, 1.165) is 34.8 Å². The maximum absolute atomic E-state index is 13.0. The van der Waals surface area contributed by atoms with Gasteiger partial charge in [0.1, 0.15) is 4.60 Å². The number of pyridine rings is 1. The maximum atomic E-state index is 13.0. The summed E-state index contributed by atoms with van der Waals surface area (Å²) in [7, 11) is 1.78. The summed E-state index contributed by atoms with van der Waals surface area (Å²) in [6, 6.07) is 9.99. The number of hydrogen-bond acceptors (Lipinski definition) is 7. The quantitative estimate of drug-likeness (QED) is 0.417. The van der Waals surface area contributed by atoms with E-state index in [2.05, 4.69) is 36.3 Å². The fourth-order valence-corrected chi connectivity index (χ4v) is 5.48. The molecular formula is C25H25BrN8O2. The van der Waals surface area contributed by atoms with Crippen molar-refractivity contribution in [1.82, 2.24) is 34.5 Å². The predicted octanol–water partition coefficient (Wildman–Crippen LogP) is 3.01. The zero-order valence-corrected chi connectivity index (χ0v) is 21.3. The summed E-state index contributed by atoms with van der Waals surface area (Å²) in [6.07, 6.45) is 5.86. The van der Waals surface area contributed by atoms with Crippen molar-refractivity contribution in [3.05, 3.63) is 47.3 Å². The first-order valence-electron chi connectivity index (χ1n) is 12.0. The molecule has 0 unspecified atom stereocenters. The molecule has 0 spiro atoms. The first-order valence-corrected chi connectivity index (χ1v) is 12.8. The van der Waals surface area contributed by atoms with Gasteiger partial charge in [0.05, 0.1) is 23.1 Å². The number of likely N-dealkylation sites (N-methyl/N-ethyl adjacent to an activating group) is 1. The minimum atomic E-state index is -0.0895. The Bertz CT molecular complexity index is 1490. The predicted molar refractivity (Wildman–Crippen MR) is 139 cm³/mol. The summed E-state index contributed by atoms with van der Waals surface area (Å²) < 4.78 is 2.47. The van der Waals surface area contributed by atoms with E-state index in [1.54, 1.807) is 33.9 Å². The highest BCUT2D eigenvalue weighted by Crippen LogP contribution is 2.31. The van der Waals surface area contributed by atoms with Gasteiger partial charge in [-0.3, -0.25) is 14.6 Å². The number of piperazine rings is 1. The van der Waals surface area contributed by atoms with Crippen LogP contribution in [-0.4, -0.2) is 79.1 Å². The number of halogens is 1. The standard InChI is InChI=1S/C25H25BrN8O2/c1-32-9-10-33(14-21(32)35)24(36)16-4-5-17(11-16)29-25-28-13-19-22(26)31-34(23(19)30-25)18-6-7-20-15(12-18)3-2-8-27-20/h2-3,6-8,12-13,16-17H,4-5,9-11,14H2,1H3,(H,28,29,30)/t16-,17-/m1/s1. The molecule has 1 saturated carbocycles. The second-order valence-electron chi connectivity index (χ2n) is 9.44. The molecule has 0 bridgehead atoms. The molecule has 10 nitrogen and oxygen atoms in total. The normalized spacial score (nSPS) is 20.4. The molecule has 0 radical (unpaired) electrons. The summed E-state index contributed by atoms with van der Waals surface area (Å²) in [5.41, 5.74) is 2.48. The highest BCUT2D eigenvalue weighted by Gasteiger charge is 2.35. The lowest BCUT2D eigenvalue weighted by atomic mass is 10.1. The van der Waals surface area contributed by atoms with Crippen molar-refractivity contribution in [2.24, 2.45) is 5.92 Å². The molecule has 1 N–H and O–H groups in total. The highest BCUT2D eigenvalue weighted by atomic mass is 79.9. The van der Waals surface area contributed by atoms with Crippen LogP contribution < -0.4 is 5.32 Å². The number of carbonyl (C=O) groups is 2. The molecule has 2 fully saturated rings. The van der Waals surface area contributed by atoms with Crippen LogP contribution >= 0.6 is 15.9 Å². The first-order chi connectivity index (χ1) is 17.5. The molecule has 1 saturated heterocycles. The third-order valence-corrected chi connectivity index (χ3v) is 7.68. The SMILES string of the molecule is CN1CCN(C(=O)[C@@H]2CC[C@@H](Nc3ncc4c(Br)nn(-c5ccc6ncccc6c5)c4n3)C2)CC1=O. The summed E-state index contributed by atoms with van der Waals surface area (Å²) in [4.78, 5) is 42.1. The number of nitrogens with one attached hydrogen (secondary N) is 1. The Morgan fingerprint density at radius 1 is 1.17 bits per heavy atom. The van der Waals surface area contributed by atoms with Gasteiger partial charge in [0.2, 0.25) is 17.8 Å². The van der Waals surface area contributed by atoms with Gasteiger partial charge < -0.3 is 15.1 Å². The number of rotatable bonds is 4. The van der Waals surface area contributed by atoms with Crippen LogP contribution in [-0.2, 0) is 9.59 Å². The molecule has 2 atom stereocenters. The van der Waals surface area contributed by atoms with Gasteiger partial charge in [0.25, 0.3) is 0 Å². The average molecular weight is 549 g/mol. The van der Waals surface area contributed by atoms with Crippen LogP contribution in [0.25, 0.3) is 27.6 Å². The van der Waals surface area contributed by atoms with Gasteiger partial charge in [-0.2, -0.15) is 10.1 Å². The number of carbonyl (C=O) groups excluding carboxylic acids is 2. The number of aromatic nitrogens is 5. The van der Waals surface area contributed by atoms with E-state index in [1.165, 1.54) is 0 Å². The van der Waals surface area contributed by atoms with Crippen LogP contribution in [0.3, 0.4) is 0 Å². The van der Waals surface area contributed by atoms with Gasteiger partial charge in [-0.1, -0.05) is 6.07 Å². The van der Waals surface area contributed by atoms with Crippen LogP contribution in [0.15, 0.2) is 47.3 Å². The molecule has 11 heteroatoms. The summed E-state index contributed by atoms with van der Waals surface area (Å²) in [5.74, 6) is 0.485. The zero-order valence-electron chi connectivity index (χ0n) is 19.8. The second-order valence-corrected chi connectivity index (χ2v) is 10.2. The van der Waals surface area contributed by atoms with E-state index in [-0.39, 0.29) is 30.3 Å². The fraction of sp³-hybridized carbons (Fsp3) is 0.360. The van der Waals surface area contributed by atoms with E-state index < -0.39 is 0 Å². The Morgan fingerprint density at radius 3 is 2.92 bits per heavy atom. The van der Waals surface area contributed by atoms with Crippen LogP contribution in [0.1, 0.15) is 19.3 Å². The first kappa shape index (κ1) is 22.8. The number of fused-ring (bicyclic) bond motifs is 2. The van der Waals surface area contributed by atoms with Gasteiger partial charge in [-0.05, 0) is 59.5 Å². The van der Waals surface area contributed by atoms with E-state index in [0.29, 0.717) is 35.7 Å². The Hall–Kier alpha value is -3.60. The summed E-state index contributed by atoms with van der Waals surface area (Å²) in [6.45, 7) is 1.36. The van der Waals surface area contributed by atoms with Crippen LogP contribution in [0.2, 0.25) is 0 Å². The summed E-state index contributed by atoms with van der Waals surface area (Å²) in [5, 5.41) is 9.89. The summed E-state index contributed by atoms with van der Waals surface area (Å²) >= 11 is 3.53. The molecule has 1 aromatic carbocycles. The van der Waals surface area contributed by atoms with Gasteiger partial charge in [0.15, 0.2) is 5.65 Å². The Kier molecular flexibility index (Phi) is 5.79. The Balaban J connectivity index is 1.20. The minimum Gasteiger partial charge on any atom is -0.351 e. The minimum absolute atomic E-state index is 0.00516. The van der Waals surface area contributed by atoms with Crippen molar-refractivity contribution in [3.8, 4) is 5.69 Å². The molecule has 184 valence electrons. The van der Waals surface area contributed by atoms with Crippen LogP contribution in [0.4, 0.5) is 5.95 Å². The Morgan fingerprint density at radius 2 is 2.06 bits per heavy atom. The van der Waals surface area contributed by atoms with Crippen molar-refractivity contribution in [2.45, 2.75) is 25.3 Å². The molecular weight excluding hydrogens is 524 g/mol. The molecule has 1 aliphatic carbocycles. The monoisotopic (exact) mass is 548 g/mol. The number of amides is 2. The van der Waals surface area contributed by atoms with Crippen molar-refractivity contribution in [3.63, 3.8) is 0 Å². The zero-order chi connectivity index (χ0) is 24.8. The maximum Gasteiger partial charge on any atom is 0.241 e. The number of benzene rings is 1. The molecule has 1 aliphatic heterocycles. The number of nitrogens with zero attached hydrogens (tertiary/aromatic N) is 7. The van der Waals surface area contributed by atoms with E-state index in [4.69, 9.17) is 4.98 Å². The molecule has 6 rings (SSSR count). The largest absolute Gasteiger partial charge is 0.351 e. The third kappa shape index (κ3) is 4.17. The molecule has 2 amide bonds. The lowest BCUT2D eigenvalue weighted by Crippen LogP contribution is -2.52. The number of hydrogen-bond donors (Lipinski definition) is 1. The van der Waals surface area contributed by atoms with E-state index in [9.17, 15) is 9.59 Å². The number of anilines is 1.